The predicted molar refractivity (Wildman–Crippen MR) is 175 cm³/mol. The first kappa shape index (κ1) is 38.8. The lowest BCUT2D eigenvalue weighted by Crippen LogP contribution is -2.47. The van der Waals surface area contributed by atoms with Crippen LogP contribution < -0.4 is 0 Å². The smallest absolute Gasteiger partial charge is 0.307 e. The highest BCUT2D eigenvalue weighted by atomic mass is 16.5. The fraction of sp³-hybridized carbons (Fsp3) is 0.941. The lowest BCUT2D eigenvalue weighted by atomic mass is 10.1. The Balaban J connectivity index is 2.08. The highest BCUT2D eigenvalue weighted by Crippen LogP contribution is 2.12. The Kier molecular flexibility index (Phi) is 23.2. The zero-order valence-corrected chi connectivity index (χ0v) is 28.5. The molecule has 248 valence electrons. The third-order valence-electron chi connectivity index (χ3n) is 8.65. The molecule has 2 atom stereocenters. The van der Waals surface area contributed by atoms with Crippen LogP contribution >= 0.6 is 0 Å². The van der Waals surface area contributed by atoms with Crippen molar-refractivity contribution in [1.29, 1.82) is 0 Å². The summed E-state index contributed by atoms with van der Waals surface area (Å²) >= 11 is 0. The number of unbranched alkanes of at least 4 members (excludes halogenated alkanes) is 4. The molecule has 0 N–H and O–H groups in total. The second kappa shape index (κ2) is 25.1. The first-order valence-corrected chi connectivity index (χ1v) is 17.5. The molecule has 8 heteroatoms. The topological polar surface area (TPSA) is 65.6 Å². The molecule has 0 aromatic heterocycles. The normalized spacial score (nSPS) is 16.2. The molecular formula is C34H68N4O4. The van der Waals surface area contributed by atoms with Crippen LogP contribution in [0.25, 0.3) is 0 Å². The molecule has 1 rings (SSSR count). The molecule has 0 bridgehead atoms. The van der Waals surface area contributed by atoms with E-state index in [0.717, 1.165) is 117 Å². The maximum absolute atomic E-state index is 12.3. The molecule has 1 aliphatic rings. The molecule has 0 saturated carbocycles. The molecule has 0 aromatic carbocycles. The summed E-state index contributed by atoms with van der Waals surface area (Å²) in [5.41, 5.74) is 0. The van der Waals surface area contributed by atoms with Crippen molar-refractivity contribution in [3.05, 3.63) is 0 Å². The molecule has 1 fully saturated rings. The van der Waals surface area contributed by atoms with Gasteiger partial charge in [0, 0.05) is 39.3 Å². The van der Waals surface area contributed by atoms with E-state index < -0.39 is 0 Å². The maximum atomic E-state index is 12.3. The highest BCUT2D eigenvalue weighted by Gasteiger charge is 2.18. The SMILES string of the molecule is CCCCCC(CC)OC(=O)CCN(C)CCCN1CCN(CCCN(C)CCC(=O)OC(CC)CCCCC)CC1. The molecule has 1 aliphatic heterocycles. The van der Waals surface area contributed by atoms with Crippen molar-refractivity contribution < 1.29 is 19.1 Å². The van der Waals surface area contributed by atoms with E-state index in [4.69, 9.17) is 9.47 Å². The monoisotopic (exact) mass is 597 g/mol. The summed E-state index contributed by atoms with van der Waals surface area (Å²) in [6.45, 7) is 18.9. The van der Waals surface area contributed by atoms with E-state index in [1.165, 1.54) is 25.7 Å². The second-order valence-corrected chi connectivity index (χ2v) is 12.5. The minimum absolute atomic E-state index is 0.0479. The van der Waals surface area contributed by atoms with E-state index in [1.807, 2.05) is 0 Å². The summed E-state index contributed by atoms with van der Waals surface area (Å²) in [6.07, 6.45) is 14.3. The van der Waals surface area contributed by atoms with Gasteiger partial charge in [-0.05, 0) is 91.6 Å². The third-order valence-corrected chi connectivity index (χ3v) is 8.65. The van der Waals surface area contributed by atoms with Gasteiger partial charge in [-0.2, -0.15) is 0 Å². The van der Waals surface area contributed by atoms with Gasteiger partial charge in [-0.15, -0.1) is 0 Å². The largest absolute Gasteiger partial charge is 0.462 e. The Labute approximate surface area is 259 Å². The van der Waals surface area contributed by atoms with Crippen molar-refractivity contribution in [1.82, 2.24) is 19.6 Å². The predicted octanol–water partition coefficient (Wildman–Crippen LogP) is 5.83. The average Bonchev–Trinajstić information content (AvgIpc) is 2.99. The second-order valence-electron chi connectivity index (χ2n) is 12.5. The molecule has 0 radical (unpaired) electrons. The third kappa shape index (κ3) is 19.9. The molecule has 0 spiro atoms. The van der Waals surface area contributed by atoms with Crippen LogP contribution in [-0.2, 0) is 19.1 Å². The van der Waals surface area contributed by atoms with Gasteiger partial charge >= 0.3 is 11.9 Å². The van der Waals surface area contributed by atoms with Gasteiger partial charge in [-0.25, -0.2) is 0 Å². The molecule has 42 heavy (non-hydrogen) atoms. The molecule has 0 aromatic rings. The van der Waals surface area contributed by atoms with Crippen molar-refractivity contribution in [2.75, 3.05) is 79.5 Å². The standard InChI is InChI=1S/C34H68N4O4/c1-7-11-13-17-31(9-3)41-33(39)19-25-35(5)21-15-23-37-27-29-38(30-28-37)24-16-22-36(6)26-20-34(40)42-32(10-4)18-14-12-8-2/h31-32H,7-30H2,1-6H3. The quantitative estimate of drug-likeness (QED) is 0.0913. The summed E-state index contributed by atoms with van der Waals surface area (Å²) in [5, 5.41) is 0. The van der Waals surface area contributed by atoms with E-state index in [-0.39, 0.29) is 24.1 Å². The number of carbonyl (C=O) groups is 2. The Morgan fingerprint density at radius 3 is 1.31 bits per heavy atom. The average molecular weight is 597 g/mol. The van der Waals surface area contributed by atoms with Crippen LogP contribution in [0.5, 0.6) is 0 Å². The Hall–Kier alpha value is -1.22. The van der Waals surface area contributed by atoms with Crippen LogP contribution in [0.3, 0.4) is 0 Å². The van der Waals surface area contributed by atoms with Crippen LogP contribution in [0.2, 0.25) is 0 Å². The molecule has 8 nitrogen and oxygen atoms in total. The minimum Gasteiger partial charge on any atom is -0.462 e. The van der Waals surface area contributed by atoms with Crippen LogP contribution in [0.4, 0.5) is 0 Å². The first-order chi connectivity index (χ1) is 20.3. The van der Waals surface area contributed by atoms with Crippen LogP contribution in [0.1, 0.15) is 118 Å². The van der Waals surface area contributed by atoms with E-state index >= 15 is 0 Å². The lowest BCUT2D eigenvalue weighted by Gasteiger charge is -2.35. The fourth-order valence-electron chi connectivity index (χ4n) is 5.58. The summed E-state index contributed by atoms with van der Waals surface area (Å²) in [7, 11) is 4.22. The van der Waals surface area contributed by atoms with Gasteiger partial charge in [0.1, 0.15) is 12.2 Å². The number of piperazine rings is 1. The van der Waals surface area contributed by atoms with Gasteiger partial charge in [0.15, 0.2) is 0 Å². The van der Waals surface area contributed by atoms with E-state index in [0.29, 0.717) is 12.8 Å². The van der Waals surface area contributed by atoms with Crippen molar-refractivity contribution in [3.8, 4) is 0 Å². The Bertz CT molecular complexity index is 616. The molecular weight excluding hydrogens is 528 g/mol. The van der Waals surface area contributed by atoms with E-state index in [9.17, 15) is 9.59 Å². The van der Waals surface area contributed by atoms with Crippen LogP contribution in [0, 0.1) is 0 Å². The van der Waals surface area contributed by atoms with Gasteiger partial charge < -0.3 is 29.1 Å². The number of esters is 2. The van der Waals surface area contributed by atoms with Crippen molar-refractivity contribution in [2.24, 2.45) is 0 Å². The minimum atomic E-state index is -0.0479. The van der Waals surface area contributed by atoms with Crippen molar-refractivity contribution in [2.45, 2.75) is 130 Å². The summed E-state index contributed by atoms with van der Waals surface area (Å²) < 4.78 is 11.4. The van der Waals surface area contributed by atoms with Crippen LogP contribution in [-0.4, -0.2) is 123 Å². The Morgan fingerprint density at radius 1 is 0.595 bits per heavy atom. The fourth-order valence-corrected chi connectivity index (χ4v) is 5.58. The summed E-state index contributed by atoms with van der Waals surface area (Å²) in [5.74, 6) is -0.0957. The molecule has 0 aliphatic carbocycles. The number of hydrogen-bond acceptors (Lipinski definition) is 8. The Morgan fingerprint density at radius 2 is 0.976 bits per heavy atom. The zero-order valence-electron chi connectivity index (χ0n) is 28.5. The highest BCUT2D eigenvalue weighted by molar-refractivity contribution is 5.70. The lowest BCUT2D eigenvalue weighted by molar-refractivity contribution is -0.150. The van der Waals surface area contributed by atoms with E-state index in [1.54, 1.807) is 0 Å². The van der Waals surface area contributed by atoms with Gasteiger partial charge in [0.25, 0.3) is 0 Å². The van der Waals surface area contributed by atoms with Gasteiger partial charge in [0.05, 0.1) is 12.8 Å². The van der Waals surface area contributed by atoms with Gasteiger partial charge in [-0.1, -0.05) is 53.4 Å². The van der Waals surface area contributed by atoms with Gasteiger partial charge in [0.2, 0.25) is 0 Å². The molecule has 2 unspecified atom stereocenters. The number of hydrogen-bond donors (Lipinski definition) is 0. The number of carbonyl (C=O) groups excluding carboxylic acids is 2. The van der Waals surface area contributed by atoms with Crippen LogP contribution in [0.15, 0.2) is 0 Å². The number of nitrogens with zero attached hydrogens (tertiary/aromatic N) is 4. The van der Waals surface area contributed by atoms with E-state index in [2.05, 4.69) is 61.4 Å². The number of ether oxygens (including phenoxy) is 2. The van der Waals surface area contributed by atoms with Crippen molar-refractivity contribution >= 4 is 11.9 Å². The van der Waals surface area contributed by atoms with Gasteiger partial charge in [-0.3, -0.25) is 9.59 Å². The molecule has 1 saturated heterocycles. The maximum Gasteiger partial charge on any atom is 0.307 e. The summed E-state index contributed by atoms with van der Waals surface area (Å²) in [6, 6.07) is 0. The zero-order chi connectivity index (χ0) is 31.0. The molecule has 0 amide bonds. The summed E-state index contributed by atoms with van der Waals surface area (Å²) in [4.78, 5) is 34.2. The first-order valence-electron chi connectivity index (χ1n) is 17.5. The van der Waals surface area contributed by atoms with Crippen molar-refractivity contribution in [3.63, 3.8) is 0 Å². The molecule has 1 heterocycles. The number of rotatable bonds is 26.